The molecule has 0 saturated heterocycles. The molecule has 0 aliphatic rings. The van der Waals surface area contributed by atoms with Crippen molar-refractivity contribution in [1.82, 2.24) is 20.6 Å². The standard InChI is InChI=1S/C21H15N5O3/c27-18-6-2-1-5-17(18)21-26-25-20(29-21)16-9-7-15(8-10-16)19(28)24-23-13-14-4-3-11-22-12-14/h1-13,27H,(H,24,28)/b23-13+. The maximum Gasteiger partial charge on any atom is 0.271 e. The molecule has 0 aliphatic heterocycles. The summed E-state index contributed by atoms with van der Waals surface area (Å²) in [6.45, 7) is 0. The van der Waals surface area contributed by atoms with Crippen molar-refractivity contribution in [1.29, 1.82) is 0 Å². The van der Waals surface area contributed by atoms with Crippen LogP contribution in [-0.4, -0.2) is 32.4 Å². The van der Waals surface area contributed by atoms with E-state index in [1.165, 1.54) is 6.21 Å². The monoisotopic (exact) mass is 385 g/mol. The summed E-state index contributed by atoms with van der Waals surface area (Å²) in [5, 5.41) is 21.8. The number of carbonyl (C=O) groups is 1. The highest BCUT2D eigenvalue weighted by Gasteiger charge is 2.14. The summed E-state index contributed by atoms with van der Waals surface area (Å²) >= 11 is 0. The largest absolute Gasteiger partial charge is 0.507 e. The lowest BCUT2D eigenvalue weighted by atomic mass is 10.1. The first-order chi connectivity index (χ1) is 14.2. The predicted octanol–water partition coefficient (Wildman–Crippen LogP) is 3.27. The Kier molecular flexibility index (Phi) is 5.06. The number of pyridine rings is 1. The lowest BCUT2D eigenvalue weighted by Gasteiger charge is -2.01. The molecule has 8 nitrogen and oxygen atoms in total. The van der Waals surface area contributed by atoms with Crippen LogP contribution in [0.5, 0.6) is 5.75 Å². The molecule has 0 aliphatic carbocycles. The summed E-state index contributed by atoms with van der Waals surface area (Å²) < 4.78 is 5.64. The Morgan fingerprint density at radius 3 is 2.55 bits per heavy atom. The van der Waals surface area contributed by atoms with Crippen LogP contribution in [0.25, 0.3) is 22.9 Å². The minimum atomic E-state index is -0.350. The minimum absolute atomic E-state index is 0.0570. The van der Waals surface area contributed by atoms with Gasteiger partial charge >= 0.3 is 0 Å². The summed E-state index contributed by atoms with van der Waals surface area (Å²) in [7, 11) is 0. The maximum absolute atomic E-state index is 12.2. The highest BCUT2D eigenvalue weighted by atomic mass is 16.4. The topological polar surface area (TPSA) is 114 Å². The van der Waals surface area contributed by atoms with Gasteiger partial charge in [-0.15, -0.1) is 10.2 Å². The van der Waals surface area contributed by atoms with E-state index < -0.39 is 0 Å². The predicted molar refractivity (Wildman–Crippen MR) is 106 cm³/mol. The zero-order valence-corrected chi connectivity index (χ0v) is 15.1. The van der Waals surface area contributed by atoms with Crippen molar-refractivity contribution < 1.29 is 14.3 Å². The first kappa shape index (κ1) is 18.1. The number of amides is 1. The van der Waals surface area contributed by atoms with E-state index in [4.69, 9.17) is 4.42 Å². The SMILES string of the molecule is O=C(N/N=C/c1cccnc1)c1ccc(-c2nnc(-c3ccccc3O)o2)cc1. The molecule has 0 bridgehead atoms. The van der Waals surface area contributed by atoms with Crippen molar-refractivity contribution >= 4 is 12.1 Å². The number of aromatic hydroxyl groups is 1. The fourth-order valence-corrected chi connectivity index (χ4v) is 2.55. The fraction of sp³-hybridized carbons (Fsp3) is 0. The number of hydrazone groups is 1. The van der Waals surface area contributed by atoms with Crippen LogP contribution in [0.3, 0.4) is 0 Å². The van der Waals surface area contributed by atoms with Crippen molar-refractivity contribution in [2.24, 2.45) is 5.10 Å². The van der Waals surface area contributed by atoms with Gasteiger partial charge in [0.2, 0.25) is 5.89 Å². The summed E-state index contributed by atoms with van der Waals surface area (Å²) in [6.07, 6.45) is 4.81. The molecule has 1 amide bonds. The molecule has 0 fully saturated rings. The second-order valence-electron chi connectivity index (χ2n) is 5.99. The Morgan fingerprint density at radius 2 is 1.79 bits per heavy atom. The molecule has 2 heterocycles. The number of carbonyl (C=O) groups excluding carboxylic acids is 1. The van der Waals surface area contributed by atoms with E-state index in [0.717, 1.165) is 5.56 Å². The van der Waals surface area contributed by atoms with E-state index in [2.05, 4.69) is 25.7 Å². The molecule has 2 N–H and O–H groups in total. The van der Waals surface area contributed by atoms with Crippen molar-refractivity contribution in [3.63, 3.8) is 0 Å². The number of nitrogens with zero attached hydrogens (tertiary/aromatic N) is 4. The average molecular weight is 385 g/mol. The van der Waals surface area contributed by atoms with Crippen LogP contribution >= 0.6 is 0 Å². The number of benzene rings is 2. The zero-order chi connectivity index (χ0) is 20.1. The average Bonchev–Trinajstić information content (AvgIpc) is 3.25. The molecule has 0 unspecified atom stereocenters. The van der Waals surface area contributed by atoms with Crippen LogP contribution in [0.15, 0.2) is 82.6 Å². The van der Waals surface area contributed by atoms with Crippen LogP contribution in [0, 0.1) is 0 Å². The Labute approximate surface area is 165 Å². The number of nitrogens with one attached hydrogen (secondary N) is 1. The molecule has 8 heteroatoms. The Hall–Kier alpha value is -4.33. The quantitative estimate of drug-likeness (QED) is 0.403. The van der Waals surface area contributed by atoms with E-state index in [1.54, 1.807) is 67.0 Å². The number of aromatic nitrogens is 3. The second kappa shape index (κ2) is 8.13. The lowest BCUT2D eigenvalue weighted by molar-refractivity contribution is 0.0955. The van der Waals surface area contributed by atoms with Gasteiger partial charge in [0.05, 0.1) is 11.8 Å². The van der Waals surface area contributed by atoms with Gasteiger partial charge in [0.25, 0.3) is 11.8 Å². The summed E-state index contributed by atoms with van der Waals surface area (Å²) in [5.41, 5.74) is 4.77. The van der Waals surface area contributed by atoms with E-state index in [-0.39, 0.29) is 23.4 Å². The zero-order valence-electron chi connectivity index (χ0n) is 15.1. The molecule has 2 aromatic heterocycles. The second-order valence-corrected chi connectivity index (χ2v) is 5.99. The molecule has 4 aromatic rings. The minimum Gasteiger partial charge on any atom is -0.507 e. The van der Waals surface area contributed by atoms with Crippen molar-refractivity contribution in [2.75, 3.05) is 0 Å². The van der Waals surface area contributed by atoms with Gasteiger partial charge in [-0.3, -0.25) is 9.78 Å². The van der Waals surface area contributed by atoms with Crippen LogP contribution in [-0.2, 0) is 0 Å². The van der Waals surface area contributed by atoms with Crippen molar-refractivity contribution in [2.45, 2.75) is 0 Å². The molecule has 0 radical (unpaired) electrons. The molecule has 4 rings (SSSR count). The summed E-state index contributed by atoms with van der Waals surface area (Å²) in [5.74, 6) is 0.202. The van der Waals surface area contributed by atoms with Gasteiger partial charge in [-0.25, -0.2) is 5.43 Å². The smallest absolute Gasteiger partial charge is 0.271 e. The fourth-order valence-electron chi connectivity index (χ4n) is 2.55. The number of phenols is 1. The van der Waals surface area contributed by atoms with Crippen LogP contribution in [0.4, 0.5) is 0 Å². The Bertz CT molecular complexity index is 1150. The normalized spacial score (nSPS) is 10.9. The summed E-state index contributed by atoms with van der Waals surface area (Å²) in [4.78, 5) is 16.2. The molecule has 29 heavy (non-hydrogen) atoms. The molecular weight excluding hydrogens is 370 g/mol. The van der Waals surface area contributed by atoms with Gasteiger partial charge < -0.3 is 9.52 Å². The first-order valence-corrected chi connectivity index (χ1v) is 8.66. The summed E-state index contributed by atoms with van der Waals surface area (Å²) in [6, 6.07) is 17.0. The van der Waals surface area contributed by atoms with Gasteiger partial charge in [0, 0.05) is 29.1 Å². The molecule has 0 atom stereocenters. The molecule has 2 aromatic carbocycles. The van der Waals surface area contributed by atoms with Crippen LogP contribution < -0.4 is 5.43 Å². The van der Waals surface area contributed by atoms with E-state index >= 15 is 0 Å². The molecule has 0 saturated carbocycles. The maximum atomic E-state index is 12.2. The van der Waals surface area contributed by atoms with E-state index in [9.17, 15) is 9.90 Å². The third-order valence-corrected chi connectivity index (χ3v) is 4.02. The molecular formula is C21H15N5O3. The highest BCUT2D eigenvalue weighted by molar-refractivity contribution is 5.95. The van der Waals surface area contributed by atoms with Gasteiger partial charge in [0.15, 0.2) is 0 Å². The number of hydrogen-bond donors (Lipinski definition) is 2. The highest BCUT2D eigenvalue weighted by Crippen LogP contribution is 2.29. The Morgan fingerprint density at radius 1 is 1.00 bits per heavy atom. The number of hydrogen-bond acceptors (Lipinski definition) is 7. The number of phenolic OH excluding ortho intramolecular Hbond substituents is 1. The lowest BCUT2D eigenvalue weighted by Crippen LogP contribution is -2.17. The Balaban J connectivity index is 1.45. The van der Waals surface area contributed by atoms with Crippen LogP contribution in [0.2, 0.25) is 0 Å². The molecule has 142 valence electrons. The van der Waals surface area contributed by atoms with Crippen molar-refractivity contribution in [3.8, 4) is 28.7 Å². The van der Waals surface area contributed by atoms with Crippen molar-refractivity contribution in [3.05, 3.63) is 84.2 Å². The third kappa shape index (κ3) is 4.16. The van der Waals surface area contributed by atoms with Gasteiger partial charge in [-0.1, -0.05) is 18.2 Å². The number of rotatable bonds is 5. The number of para-hydroxylation sites is 1. The van der Waals surface area contributed by atoms with Gasteiger partial charge in [-0.2, -0.15) is 5.10 Å². The van der Waals surface area contributed by atoms with E-state index in [0.29, 0.717) is 16.7 Å². The van der Waals surface area contributed by atoms with E-state index in [1.807, 2.05) is 6.07 Å². The third-order valence-electron chi connectivity index (χ3n) is 4.02. The van der Waals surface area contributed by atoms with Crippen LogP contribution in [0.1, 0.15) is 15.9 Å². The van der Waals surface area contributed by atoms with Gasteiger partial charge in [0.1, 0.15) is 5.75 Å². The molecule has 0 spiro atoms. The van der Waals surface area contributed by atoms with Gasteiger partial charge in [-0.05, 0) is 42.5 Å². The first-order valence-electron chi connectivity index (χ1n) is 8.66.